The lowest BCUT2D eigenvalue weighted by molar-refractivity contribution is 0.249. The van der Waals surface area contributed by atoms with Crippen LogP contribution in [0.15, 0.2) is 72.8 Å². The van der Waals surface area contributed by atoms with Crippen molar-refractivity contribution >= 4 is 17.2 Å². The van der Waals surface area contributed by atoms with E-state index in [-0.39, 0.29) is 5.82 Å². The Kier molecular flexibility index (Phi) is 5.99. The molecule has 3 aromatic rings. The highest BCUT2D eigenvalue weighted by Crippen LogP contribution is 2.42. The second-order valence-corrected chi connectivity index (χ2v) is 9.74. The van der Waals surface area contributed by atoms with E-state index in [1.807, 2.05) is 4.31 Å². The molecule has 5 rings (SSSR count). The molecule has 1 saturated heterocycles. The molecule has 0 amide bonds. The average molecular weight is 435 g/mol. The predicted molar refractivity (Wildman–Crippen MR) is 125 cm³/mol. The highest BCUT2D eigenvalue weighted by Gasteiger charge is 2.36. The van der Waals surface area contributed by atoms with Crippen LogP contribution in [-0.2, 0) is 24.4 Å². The molecule has 1 N–H and O–H groups in total. The maximum Gasteiger partial charge on any atom is 0.166 e. The number of halogens is 1. The van der Waals surface area contributed by atoms with Crippen molar-refractivity contribution in [2.45, 2.75) is 31.6 Å². The van der Waals surface area contributed by atoms with Gasteiger partial charge in [-0.2, -0.15) is 4.72 Å². The lowest BCUT2D eigenvalue weighted by atomic mass is 9.76. The summed E-state index contributed by atoms with van der Waals surface area (Å²) < 4.78 is 31.3. The molecule has 1 aliphatic carbocycles. The molecule has 0 bridgehead atoms. The van der Waals surface area contributed by atoms with E-state index in [9.17, 15) is 8.94 Å². The Morgan fingerprint density at radius 2 is 1.48 bits per heavy atom. The number of anilines is 1. The first-order chi connectivity index (χ1) is 15.2. The van der Waals surface area contributed by atoms with Gasteiger partial charge in [-0.1, -0.05) is 48.5 Å². The van der Waals surface area contributed by atoms with Crippen LogP contribution >= 0.6 is 0 Å². The fourth-order valence-electron chi connectivity index (χ4n) is 5.16. The molecule has 31 heavy (non-hydrogen) atoms. The summed E-state index contributed by atoms with van der Waals surface area (Å²) >= 11 is -1.35. The zero-order valence-corrected chi connectivity index (χ0v) is 18.3. The highest BCUT2D eigenvalue weighted by atomic mass is 32.2. The number of fused-ring (bicyclic) bond motifs is 2. The van der Waals surface area contributed by atoms with Crippen LogP contribution in [0, 0.1) is 11.7 Å². The minimum atomic E-state index is -1.35. The Labute approximate surface area is 186 Å². The first-order valence-corrected chi connectivity index (χ1v) is 12.1. The molecule has 5 heteroatoms. The van der Waals surface area contributed by atoms with Gasteiger partial charge in [-0.3, -0.25) is 0 Å². The minimum absolute atomic E-state index is 0.292. The van der Waals surface area contributed by atoms with Gasteiger partial charge in [-0.25, -0.2) is 4.39 Å². The van der Waals surface area contributed by atoms with Gasteiger partial charge < -0.3 is 4.55 Å². The average Bonchev–Trinajstić information content (AvgIpc) is 2.97. The standard InChI is InChI=1S/C26H27FN2OS/c27-22-13-15-23(16-14-22)28-31(30)29-17-5-8-21(18-29)26-24-9-3-1-6-19(24)11-12-20-7-2-4-10-25(20)26/h1-4,6-7,9-10,13-16,21,26,28H,5,8,11-12,17-18H2. The Hall–Kier alpha value is -2.34. The number of benzene rings is 3. The largest absolute Gasteiger partial charge is 0.573 e. The number of hydrogen-bond donors (Lipinski definition) is 1. The van der Waals surface area contributed by atoms with E-state index in [0.717, 1.165) is 38.8 Å². The minimum Gasteiger partial charge on any atom is -0.573 e. The molecule has 3 nitrogen and oxygen atoms in total. The molecular formula is C26H27FN2OS. The summed E-state index contributed by atoms with van der Waals surface area (Å²) in [5, 5.41) is 0. The van der Waals surface area contributed by atoms with Crippen molar-refractivity contribution in [2.75, 3.05) is 17.8 Å². The Morgan fingerprint density at radius 3 is 2.13 bits per heavy atom. The fraction of sp³-hybridized carbons (Fsp3) is 0.308. The summed E-state index contributed by atoms with van der Waals surface area (Å²) in [5.74, 6) is 0.425. The van der Waals surface area contributed by atoms with Gasteiger partial charge >= 0.3 is 0 Å². The van der Waals surface area contributed by atoms with Crippen LogP contribution in [-0.4, -0.2) is 21.9 Å². The van der Waals surface area contributed by atoms with Crippen LogP contribution in [0.1, 0.15) is 41.0 Å². The molecule has 160 valence electrons. The first-order valence-electron chi connectivity index (χ1n) is 11.0. The van der Waals surface area contributed by atoms with Crippen molar-refractivity contribution in [2.24, 2.45) is 5.92 Å². The summed E-state index contributed by atoms with van der Waals surface area (Å²) in [6, 6.07) is 23.7. The van der Waals surface area contributed by atoms with Gasteiger partial charge in [0.25, 0.3) is 0 Å². The van der Waals surface area contributed by atoms with E-state index in [2.05, 4.69) is 53.3 Å². The molecule has 2 unspecified atom stereocenters. The number of nitrogens with one attached hydrogen (secondary N) is 1. The Bertz CT molecular complexity index is 994. The summed E-state index contributed by atoms with van der Waals surface area (Å²) in [5.41, 5.74) is 6.40. The predicted octanol–water partition coefficient (Wildman–Crippen LogP) is 5.46. The lowest BCUT2D eigenvalue weighted by Gasteiger charge is -2.37. The van der Waals surface area contributed by atoms with Crippen molar-refractivity contribution in [3.63, 3.8) is 0 Å². The number of nitrogens with zero attached hydrogens (tertiary/aromatic N) is 1. The Balaban J connectivity index is 1.41. The fourth-order valence-corrected chi connectivity index (χ4v) is 6.24. The maximum absolute atomic E-state index is 13.2. The molecule has 1 fully saturated rings. The van der Waals surface area contributed by atoms with Gasteiger partial charge in [-0.05, 0) is 78.1 Å². The quantitative estimate of drug-likeness (QED) is 0.554. The van der Waals surface area contributed by atoms with Crippen LogP contribution < -0.4 is 4.72 Å². The van der Waals surface area contributed by atoms with Crippen molar-refractivity contribution in [1.29, 1.82) is 0 Å². The molecule has 3 aromatic carbocycles. The van der Waals surface area contributed by atoms with Crippen molar-refractivity contribution in [3.05, 3.63) is 101 Å². The SMILES string of the molecule is [O-][S+](Nc1ccc(F)cc1)N1CCCC(C2c3ccccc3CCc3ccccc32)C1. The summed E-state index contributed by atoms with van der Waals surface area (Å²) in [6.07, 6.45) is 4.27. The molecular weight excluding hydrogens is 407 g/mol. The molecule has 2 aliphatic rings. The Morgan fingerprint density at radius 1 is 0.871 bits per heavy atom. The molecule has 0 radical (unpaired) electrons. The third-order valence-electron chi connectivity index (χ3n) is 6.62. The third kappa shape index (κ3) is 4.36. The van der Waals surface area contributed by atoms with Crippen LogP contribution in [0.2, 0.25) is 0 Å². The topological polar surface area (TPSA) is 38.3 Å². The molecule has 1 aliphatic heterocycles. The second-order valence-electron chi connectivity index (χ2n) is 8.52. The monoisotopic (exact) mass is 434 g/mol. The smallest absolute Gasteiger partial charge is 0.166 e. The van der Waals surface area contributed by atoms with E-state index >= 15 is 0 Å². The van der Waals surface area contributed by atoms with Crippen molar-refractivity contribution in [1.82, 2.24) is 4.31 Å². The molecule has 0 saturated carbocycles. The van der Waals surface area contributed by atoms with Gasteiger partial charge in [0.15, 0.2) is 11.5 Å². The van der Waals surface area contributed by atoms with Gasteiger partial charge in [0, 0.05) is 12.5 Å². The number of piperidine rings is 1. The molecule has 0 aromatic heterocycles. The molecule has 0 spiro atoms. The highest BCUT2D eigenvalue weighted by molar-refractivity contribution is 7.90. The van der Waals surface area contributed by atoms with Crippen LogP contribution in [0.5, 0.6) is 0 Å². The van der Waals surface area contributed by atoms with Crippen LogP contribution in [0.4, 0.5) is 10.1 Å². The van der Waals surface area contributed by atoms with Crippen LogP contribution in [0.3, 0.4) is 0 Å². The molecule has 2 atom stereocenters. The van der Waals surface area contributed by atoms with E-state index in [0.29, 0.717) is 17.5 Å². The maximum atomic E-state index is 13.2. The van der Waals surface area contributed by atoms with Gasteiger partial charge in [0.2, 0.25) is 0 Å². The van der Waals surface area contributed by atoms with Gasteiger partial charge in [0.1, 0.15) is 5.82 Å². The normalized spacial score (nSPS) is 20.4. The van der Waals surface area contributed by atoms with Crippen LogP contribution in [0.25, 0.3) is 0 Å². The van der Waals surface area contributed by atoms with Gasteiger partial charge in [0.05, 0.1) is 12.2 Å². The summed E-state index contributed by atoms with van der Waals surface area (Å²) in [6.45, 7) is 1.57. The number of aryl methyl sites for hydroxylation is 2. The van der Waals surface area contributed by atoms with Crippen molar-refractivity contribution in [3.8, 4) is 0 Å². The van der Waals surface area contributed by atoms with E-state index < -0.39 is 11.5 Å². The summed E-state index contributed by atoms with van der Waals surface area (Å²) in [7, 11) is 0. The zero-order chi connectivity index (χ0) is 21.2. The lowest BCUT2D eigenvalue weighted by Crippen LogP contribution is -2.44. The molecule has 1 heterocycles. The number of hydrogen-bond acceptors (Lipinski definition) is 3. The number of rotatable bonds is 4. The van der Waals surface area contributed by atoms with Gasteiger partial charge in [-0.15, -0.1) is 4.31 Å². The van der Waals surface area contributed by atoms with E-state index in [1.165, 1.54) is 34.4 Å². The summed E-state index contributed by atoms with van der Waals surface area (Å²) in [4.78, 5) is 0. The van der Waals surface area contributed by atoms with Crippen molar-refractivity contribution < 1.29 is 8.94 Å². The van der Waals surface area contributed by atoms with E-state index in [4.69, 9.17) is 0 Å². The third-order valence-corrected chi connectivity index (χ3v) is 7.83. The van der Waals surface area contributed by atoms with E-state index in [1.54, 1.807) is 12.1 Å². The zero-order valence-electron chi connectivity index (χ0n) is 17.5. The first kappa shape index (κ1) is 20.6. The second kappa shape index (κ2) is 9.03.